The molecule has 0 fully saturated rings. The number of aryl methyl sites for hydroxylation is 1. The third-order valence-electron chi connectivity index (χ3n) is 3.51. The van der Waals surface area contributed by atoms with Gasteiger partial charge in [0, 0.05) is 10.7 Å². The summed E-state index contributed by atoms with van der Waals surface area (Å²) >= 11 is 5.87. The molecule has 1 aromatic carbocycles. The molecule has 2 N–H and O–H groups in total. The van der Waals surface area contributed by atoms with Crippen molar-refractivity contribution in [2.75, 3.05) is 20.3 Å². The zero-order valence-electron chi connectivity index (χ0n) is 13.7. The molecular weight excluding hydrogens is 332 g/mol. The fourth-order valence-corrected chi connectivity index (χ4v) is 2.54. The molecule has 0 spiro atoms. The van der Waals surface area contributed by atoms with Crippen molar-refractivity contribution in [1.82, 2.24) is 10.3 Å². The Labute approximate surface area is 145 Å². The SMILES string of the molecule is COC(=O)c1c(C)[nH]c(C(=O)NCCOc2cccc(Cl)c2)c1C. The average Bonchev–Trinajstić information content (AvgIpc) is 2.85. The van der Waals surface area contributed by atoms with E-state index in [4.69, 9.17) is 21.1 Å². The van der Waals surface area contributed by atoms with Crippen LogP contribution in [0.4, 0.5) is 0 Å². The van der Waals surface area contributed by atoms with Gasteiger partial charge in [-0.2, -0.15) is 0 Å². The Morgan fingerprint density at radius 3 is 2.71 bits per heavy atom. The molecule has 0 unspecified atom stereocenters. The van der Waals surface area contributed by atoms with Crippen molar-refractivity contribution in [3.05, 3.63) is 51.8 Å². The van der Waals surface area contributed by atoms with Crippen molar-refractivity contribution in [3.63, 3.8) is 0 Å². The maximum absolute atomic E-state index is 12.2. The lowest BCUT2D eigenvalue weighted by atomic mass is 10.1. The van der Waals surface area contributed by atoms with Crippen LogP contribution in [-0.2, 0) is 4.74 Å². The first-order valence-corrected chi connectivity index (χ1v) is 7.76. The van der Waals surface area contributed by atoms with E-state index in [1.807, 2.05) is 0 Å². The van der Waals surface area contributed by atoms with Crippen LogP contribution in [0.15, 0.2) is 24.3 Å². The molecular formula is C17H19ClN2O4. The predicted octanol–water partition coefficient (Wildman–Crippen LogP) is 2.88. The Balaban J connectivity index is 1.92. The fraction of sp³-hybridized carbons (Fsp3) is 0.294. The van der Waals surface area contributed by atoms with Crippen LogP contribution in [0, 0.1) is 13.8 Å². The maximum atomic E-state index is 12.2. The minimum Gasteiger partial charge on any atom is -0.492 e. The molecule has 0 atom stereocenters. The highest BCUT2D eigenvalue weighted by molar-refractivity contribution is 6.30. The number of hydrogen-bond acceptors (Lipinski definition) is 4. The highest BCUT2D eigenvalue weighted by atomic mass is 35.5. The van der Waals surface area contributed by atoms with E-state index in [0.717, 1.165) is 0 Å². The minimum absolute atomic E-state index is 0.300. The number of ether oxygens (including phenoxy) is 2. The van der Waals surface area contributed by atoms with Crippen molar-refractivity contribution in [2.24, 2.45) is 0 Å². The second-order valence-electron chi connectivity index (χ2n) is 5.18. The van der Waals surface area contributed by atoms with Crippen LogP contribution in [0.3, 0.4) is 0 Å². The summed E-state index contributed by atoms with van der Waals surface area (Å²) in [7, 11) is 1.31. The number of rotatable bonds is 6. The first-order chi connectivity index (χ1) is 11.4. The number of esters is 1. The Hall–Kier alpha value is -2.47. The summed E-state index contributed by atoms with van der Waals surface area (Å²) in [6.45, 7) is 4.04. The summed E-state index contributed by atoms with van der Waals surface area (Å²) in [5, 5.41) is 3.33. The summed E-state index contributed by atoms with van der Waals surface area (Å²) in [5.41, 5.74) is 1.89. The van der Waals surface area contributed by atoms with Gasteiger partial charge in [-0.25, -0.2) is 4.79 Å². The zero-order chi connectivity index (χ0) is 17.7. The predicted molar refractivity (Wildman–Crippen MR) is 90.9 cm³/mol. The van der Waals surface area contributed by atoms with Crippen LogP contribution in [0.1, 0.15) is 32.1 Å². The van der Waals surface area contributed by atoms with Gasteiger partial charge in [-0.05, 0) is 37.6 Å². The van der Waals surface area contributed by atoms with Gasteiger partial charge in [-0.15, -0.1) is 0 Å². The topological polar surface area (TPSA) is 80.4 Å². The average molecular weight is 351 g/mol. The number of carbonyl (C=O) groups is 2. The monoisotopic (exact) mass is 350 g/mol. The molecule has 0 aliphatic heterocycles. The number of hydrogen-bond donors (Lipinski definition) is 2. The summed E-state index contributed by atoms with van der Waals surface area (Å²) in [6.07, 6.45) is 0. The molecule has 0 aliphatic rings. The molecule has 0 radical (unpaired) electrons. The lowest BCUT2D eigenvalue weighted by molar-refractivity contribution is 0.0599. The smallest absolute Gasteiger partial charge is 0.339 e. The standard InChI is InChI=1S/C17H19ClN2O4/c1-10-14(17(22)23-3)11(2)20-15(10)16(21)19-7-8-24-13-6-4-5-12(18)9-13/h4-6,9,20H,7-8H2,1-3H3,(H,19,21). The number of methoxy groups -OCH3 is 1. The van der Waals surface area contributed by atoms with E-state index in [1.165, 1.54) is 7.11 Å². The van der Waals surface area contributed by atoms with Crippen molar-refractivity contribution in [2.45, 2.75) is 13.8 Å². The summed E-state index contributed by atoms with van der Waals surface area (Å²) in [6, 6.07) is 7.03. The lowest BCUT2D eigenvalue weighted by Gasteiger charge is -2.08. The van der Waals surface area contributed by atoms with Gasteiger partial charge in [0.2, 0.25) is 0 Å². The molecule has 24 heavy (non-hydrogen) atoms. The first kappa shape index (κ1) is 17.9. The quantitative estimate of drug-likeness (QED) is 0.620. The van der Waals surface area contributed by atoms with Crippen molar-refractivity contribution < 1.29 is 19.1 Å². The van der Waals surface area contributed by atoms with Crippen LogP contribution >= 0.6 is 11.6 Å². The molecule has 6 nitrogen and oxygen atoms in total. The van der Waals surface area contributed by atoms with Gasteiger partial charge in [-0.1, -0.05) is 17.7 Å². The molecule has 0 aliphatic carbocycles. The molecule has 2 rings (SSSR count). The van der Waals surface area contributed by atoms with E-state index in [0.29, 0.717) is 46.4 Å². The van der Waals surface area contributed by atoms with Gasteiger partial charge in [0.05, 0.1) is 19.2 Å². The number of nitrogens with one attached hydrogen (secondary N) is 2. The van der Waals surface area contributed by atoms with E-state index in [9.17, 15) is 9.59 Å². The number of halogens is 1. The van der Waals surface area contributed by atoms with Crippen LogP contribution in [0.2, 0.25) is 5.02 Å². The molecule has 1 heterocycles. The first-order valence-electron chi connectivity index (χ1n) is 7.38. The molecule has 2 aromatic rings. The summed E-state index contributed by atoms with van der Waals surface area (Å²) in [5.74, 6) is -0.137. The van der Waals surface area contributed by atoms with Crippen molar-refractivity contribution >= 4 is 23.5 Å². The Kier molecular flexibility index (Phi) is 5.87. The Morgan fingerprint density at radius 2 is 2.04 bits per heavy atom. The normalized spacial score (nSPS) is 10.3. The third kappa shape index (κ3) is 4.08. The van der Waals surface area contributed by atoms with E-state index in [2.05, 4.69) is 10.3 Å². The second-order valence-corrected chi connectivity index (χ2v) is 5.61. The number of aromatic amines is 1. The number of aromatic nitrogens is 1. The Morgan fingerprint density at radius 1 is 1.29 bits per heavy atom. The number of amides is 1. The van der Waals surface area contributed by atoms with Gasteiger partial charge in [-0.3, -0.25) is 4.79 Å². The molecule has 0 saturated heterocycles. The van der Waals surface area contributed by atoms with Crippen LogP contribution in [-0.4, -0.2) is 37.1 Å². The highest BCUT2D eigenvalue weighted by Crippen LogP contribution is 2.19. The molecule has 128 valence electrons. The van der Waals surface area contributed by atoms with Crippen molar-refractivity contribution in [3.8, 4) is 5.75 Å². The summed E-state index contributed by atoms with van der Waals surface area (Å²) < 4.78 is 10.2. The molecule has 1 aromatic heterocycles. The van der Waals surface area contributed by atoms with Crippen LogP contribution in [0.5, 0.6) is 5.75 Å². The number of benzene rings is 1. The van der Waals surface area contributed by atoms with Crippen molar-refractivity contribution in [1.29, 1.82) is 0 Å². The van der Waals surface area contributed by atoms with Crippen LogP contribution in [0.25, 0.3) is 0 Å². The number of H-pyrrole nitrogens is 1. The molecule has 0 saturated carbocycles. The van der Waals surface area contributed by atoms with Gasteiger partial charge in [0.1, 0.15) is 18.1 Å². The molecule has 1 amide bonds. The largest absolute Gasteiger partial charge is 0.492 e. The second kappa shape index (κ2) is 7.88. The zero-order valence-corrected chi connectivity index (χ0v) is 14.5. The minimum atomic E-state index is -0.468. The highest BCUT2D eigenvalue weighted by Gasteiger charge is 2.22. The summed E-state index contributed by atoms with van der Waals surface area (Å²) in [4.78, 5) is 26.9. The van der Waals surface area contributed by atoms with Gasteiger partial charge in [0.15, 0.2) is 0 Å². The van der Waals surface area contributed by atoms with E-state index >= 15 is 0 Å². The van der Waals surface area contributed by atoms with Crippen LogP contribution < -0.4 is 10.1 Å². The molecule has 0 bridgehead atoms. The van der Waals surface area contributed by atoms with E-state index in [-0.39, 0.29) is 5.91 Å². The van der Waals surface area contributed by atoms with Gasteiger partial charge < -0.3 is 19.8 Å². The van der Waals surface area contributed by atoms with E-state index in [1.54, 1.807) is 38.1 Å². The molecule has 7 heteroatoms. The number of carbonyl (C=O) groups excluding carboxylic acids is 2. The third-order valence-corrected chi connectivity index (χ3v) is 3.74. The Bertz CT molecular complexity index is 755. The maximum Gasteiger partial charge on any atom is 0.339 e. The lowest BCUT2D eigenvalue weighted by Crippen LogP contribution is -2.29. The van der Waals surface area contributed by atoms with Gasteiger partial charge >= 0.3 is 5.97 Å². The van der Waals surface area contributed by atoms with Gasteiger partial charge in [0.25, 0.3) is 5.91 Å². The van der Waals surface area contributed by atoms with E-state index < -0.39 is 5.97 Å². The fourth-order valence-electron chi connectivity index (χ4n) is 2.36.